The van der Waals surface area contributed by atoms with Crippen LogP contribution in [0.4, 0.5) is 0 Å². The Morgan fingerprint density at radius 1 is 1.59 bits per heavy atom. The minimum Gasteiger partial charge on any atom is -0.478 e. The molecule has 0 aromatic carbocycles. The van der Waals surface area contributed by atoms with Crippen LogP contribution in [0.5, 0.6) is 0 Å². The van der Waals surface area contributed by atoms with E-state index in [1.807, 2.05) is 0 Å². The smallest absolute Gasteiger partial charge is 0.340 e. The van der Waals surface area contributed by atoms with Crippen molar-refractivity contribution >= 4 is 16.0 Å². The van der Waals surface area contributed by atoms with Gasteiger partial charge in [-0.3, -0.25) is 5.10 Å². The number of aromatic amines is 1. The number of aromatic carboxylic acids is 1. The number of sulfonamides is 1. The Bertz CT molecular complexity index is 553. The number of nitrogens with one attached hydrogen (secondary N) is 1. The highest BCUT2D eigenvalue weighted by Crippen LogP contribution is 2.28. The number of aromatic nitrogens is 2. The third-order valence-corrected chi connectivity index (χ3v) is 4.23. The van der Waals surface area contributed by atoms with Gasteiger partial charge >= 0.3 is 5.97 Å². The van der Waals surface area contributed by atoms with Crippen LogP contribution in [-0.2, 0) is 10.0 Å². The summed E-state index contributed by atoms with van der Waals surface area (Å²) in [5.41, 5.74) is -1.47. The summed E-state index contributed by atoms with van der Waals surface area (Å²) in [4.78, 5) is 10.8. The van der Waals surface area contributed by atoms with Gasteiger partial charge in [0.25, 0.3) is 10.0 Å². The Morgan fingerprint density at radius 3 is 2.65 bits per heavy atom. The zero-order chi connectivity index (χ0) is 12.8. The summed E-state index contributed by atoms with van der Waals surface area (Å²) in [6.45, 7) is 1.38. The third-order valence-electron chi connectivity index (χ3n) is 2.47. The summed E-state index contributed by atoms with van der Waals surface area (Å²) in [5.74, 6) is -1.37. The fourth-order valence-electron chi connectivity index (χ4n) is 1.64. The molecule has 9 heteroatoms. The highest BCUT2D eigenvalue weighted by atomic mass is 32.2. The normalized spacial score (nSPS) is 19.9. The van der Waals surface area contributed by atoms with Crippen molar-refractivity contribution in [3.8, 4) is 0 Å². The van der Waals surface area contributed by atoms with Gasteiger partial charge in [-0.2, -0.15) is 9.40 Å². The lowest BCUT2D eigenvalue weighted by Crippen LogP contribution is -2.61. The summed E-state index contributed by atoms with van der Waals surface area (Å²) in [7, 11) is -3.93. The first-order valence-corrected chi connectivity index (χ1v) is 6.17. The van der Waals surface area contributed by atoms with Gasteiger partial charge in [0.15, 0.2) is 5.03 Å². The van der Waals surface area contributed by atoms with Crippen LogP contribution in [0, 0.1) is 0 Å². The molecular weight excluding hydrogens is 250 g/mol. The van der Waals surface area contributed by atoms with Gasteiger partial charge in [-0.25, -0.2) is 13.2 Å². The second kappa shape index (κ2) is 3.52. The zero-order valence-electron chi connectivity index (χ0n) is 8.91. The van der Waals surface area contributed by atoms with Crippen LogP contribution in [0.15, 0.2) is 11.2 Å². The Labute approximate surface area is 96.9 Å². The maximum absolute atomic E-state index is 12.0. The summed E-state index contributed by atoms with van der Waals surface area (Å²) in [5, 5.41) is 23.4. The fourth-order valence-corrected chi connectivity index (χ4v) is 3.38. The maximum Gasteiger partial charge on any atom is 0.340 e. The van der Waals surface area contributed by atoms with E-state index in [2.05, 4.69) is 10.2 Å². The minimum absolute atomic E-state index is 0.0621. The molecule has 0 spiro atoms. The van der Waals surface area contributed by atoms with Crippen LogP contribution < -0.4 is 0 Å². The van der Waals surface area contributed by atoms with E-state index in [4.69, 9.17) is 5.11 Å². The molecule has 0 bridgehead atoms. The number of hydrogen-bond donors (Lipinski definition) is 3. The number of nitrogens with zero attached hydrogens (tertiary/aromatic N) is 2. The number of rotatable bonds is 3. The van der Waals surface area contributed by atoms with Crippen molar-refractivity contribution in [3.63, 3.8) is 0 Å². The van der Waals surface area contributed by atoms with Crippen LogP contribution in [0.3, 0.4) is 0 Å². The number of carbonyl (C=O) groups is 1. The molecule has 8 nitrogen and oxygen atoms in total. The van der Waals surface area contributed by atoms with Crippen molar-refractivity contribution in [2.75, 3.05) is 13.1 Å². The molecular formula is C8H11N3O5S. The lowest BCUT2D eigenvalue weighted by atomic mass is 10.0. The SMILES string of the molecule is CC1(O)CN(S(=O)(=O)c2[nH]ncc2C(=O)O)C1. The molecule has 3 N–H and O–H groups in total. The van der Waals surface area contributed by atoms with Gasteiger partial charge in [0.05, 0.1) is 11.8 Å². The molecule has 1 aromatic rings. The number of carboxylic acids is 1. The number of aliphatic hydroxyl groups is 1. The molecule has 0 amide bonds. The monoisotopic (exact) mass is 261 g/mol. The van der Waals surface area contributed by atoms with Crippen molar-refractivity contribution in [1.29, 1.82) is 0 Å². The molecule has 17 heavy (non-hydrogen) atoms. The molecule has 2 heterocycles. The van der Waals surface area contributed by atoms with Crippen molar-refractivity contribution in [3.05, 3.63) is 11.8 Å². The van der Waals surface area contributed by atoms with E-state index in [-0.39, 0.29) is 13.1 Å². The van der Waals surface area contributed by atoms with E-state index >= 15 is 0 Å². The number of H-pyrrole nitrogens is 1. The molecule has 1 aliphatic heterocycles. The molecule has 1 aromatic heterocycles. The van der Waals surface area contributed by atoms with Crippen LogP contribution in [0.2, 0.25) is 0 Å². The Hall–Kier alpha value is -1.45. The van der Waals surface area contributed by atoms with Crippen molar-refractivity contribution in [2.45, 2.75) is 17.6 Å². The lowest BCUT2D eigenvalue weighted by Gasteiger charge is -2.42. The molecule has 0 unspecified atom stereocenters. The summed E-state index contributed by atoms with van der Waals surface area (Å²) in [6.07, 6.45) is 0.938. The number of carboxylic acid groups (broad SMARTS) is 1. The van der Waals surface area contributed by atoms with Gasteiger partial charge in [0.2, 0.25) is 0 Å². The van der Waals surface area contributed by atoms with E-state index in [1.54, 1.807) is 0 Å². The van der Waals surface area contributed by atoms with E-state index in [0.29, 0.717) is 0 Å². The van der Waals surface area contributed by atoms with Crippen LogP contribution in [0.1, 0.15) is 17.3 Å². The highest BCUT2D eigenvalue weighted by Gasteiger charge is 2.45. The molecule has 2 rings (SSSR count). The van der Waals surface area contributed by atoms with Crippen LogP contribution >= 0.6 is 0 Å². The zero-order valence-corrected chi connectivity index (χ0v) is 9.73. The molecule has 1 aliphatic rings. The van der Waals surface area contributed by atoms with Gasteiger partial charge in [0.1, 0.15) is 5.56 Å². The molecule has 0 radical (unpaired) electrons. The van der Waals surface area contributed by atoms with Gasteiger partial charge < -0.3 is 10.2 Å². The molecule has 0 aliphatic carbocycles. The molecule has 0 atom stereocenters. The number of β-amino-alcohol motifs (C(OH)–C–C–N with tert-alkyl or cyclic N) is 1. The van der Waals surface area contributed by atoms with Crippen LogP contribution in [-0.4, -0.2) is 57.8 Å². The largest absolute Gasteiger partial charge is 0.478 e. The van der Waals surface area contributed by atoms with Gasteiger partial charge in [-0.1, -0.05) is 0 Å². The Balaban J connectivity index is 2.34. The topological polar surface area (TPSA) is 124 Å². The summed E-state index contributed by atoms with van der Waals surface area (Å²) >= 11 is 0. The number of hydrogen-bond acceptors (Lipinski definition) is 5. The Morgan fingerprint density at radius 2 is 2.18 bits per heavy atom. The minimum atomic E-state index is -3.93. The van der Waals surface area contributed by atoms with Crippen molar-refractivity contribution in [1.82, 2.24) is 14.5 Å². The van der Waals surface area contributed by atoms with Crippen molar-refractivity contribution in [2.24, 2.45) is 0 Å². The van der Waals surface area contributed by atoms with E-state index in [9.17, 15) is 18.3 Å². The van der Waals surface area contributed by atoms with Gasteiger partial charge in [0, 0.05) is 13.1 Å². The maximum atomic E-state index is 12.0. The molecule has 0 saturated carbocycles. The van der Waals surface area contributed by atoms with Gasteiger partial charge in [-0.15, -0.1) is 0 Å². The average molecular weight is 261 g/mol. The first kappa shape index (κ1) is 12.0. The molecule has 94 valence electrons. The Kier molecular flexibility index (Phi) is 2.49. The second-order valence-electron chi connectivity index (χ2n) is 4.19. The second-order valence-corrected chi connectivity index (χ2v) is 6.06. The average Bonchev–Trinajstić information content (AvgIpc) is 2.62. The summed E-state index contributed by atoms with van der Waals surface area (Å²) < 4.78 is 24.9. The van der Waals surface area contributed by atoms with E-state index in [0.717, 1.165) is 10.5 Å². The van der Waals surface area contributed by atoms with E-state index in [1.165, 1.54) is 6.92 Å². The summed E-state index contributed by atoms with van der Waals surface area (Å²) in [6, 6.07) is 0. The third kappa shape index (κ3) is 1.92. The molecule has 1 saturated heterocycles. The predicted octanol–water partition coefficient (Wildman–Crippen LogP) is -1.14. The molecule has 1 fully saturated rings. The quantitative estimate of drug-likeness (QED) is 0.632. The first-order chi connectivity index (χ1) is 7.74. The van der Waals surface area contributed by atoms with Crippen molar-refractivity contribution < 1.29 is 23.4 Å². The first-order valence-electron chi connectivity index (χ1n) is 4.73. The lowest BCUT2D eigenvalue weighted by molar-refractivity contribution is -0.0427. The standard InChI is InChI=1S/C8H11N3O5S/c1-8(14)3-11(4-8)17(15,16)6-5(7(12)13)2-9-10-6/h2,14H,3-4H2,1H3,(H,9,10)(H,12,13). The highest BCUT2D eigenvalue weighted by molar-refractivity contribution is 7.89. The van der Waals surface area contributed by atoms with E-state index < -0.39 is 32.2 Å². The van der Waals surface area contributed by atoms with Gasteiger partial charge in [-0.05, 0) is 6.92 Å². The fraction of sp³-hybridized carbons (Fsp3) is 0.500. The van der Waals surface area contributed by atoms with Crippen LogP contribution in [0.25, 0.3) is 0 Å². The predicted molar refractivity (Wildman–Crippen MR) is 54.9 cm³/mol.